The van der Waals surface area contributed by atoms with Crippen LogP contribution in [0.1, 0.15) is 15.9 Å². The van der Waals surface area contributed by atoms with E-state index in [1.807, 2.05) is 30.3 Å². The molecule has 3 aromatic rings. The van der Waals surface area contributed by atoms with Crippen molar-refractivity contribution in [1.82, 2.24) is 19.4 Å². The molecule has 0 fully saturated rings. The van der Waals surface area contributed by atoms with Gasteiger partial charge in [-0.1, -0.05) is 30.3 Å². The molecule has 0 spiro atoms. The van der Waals surface area contributed by atoms with E-state index in [1.54, 1.807) is 0 Å². The summed E-state index contributed by atoms with van der Waals surface area (Å²) < 4.78 is 2.29. The Bertz CT molecular complexity index is 1050. The third-order valence-corrected chi connectivity index (χ3v) is 4.10. The molecule has 1 N–H and O–H groups in total. The minimum absolute atomic E-state index is 0.236. The molecule has 0 atom stereocenters. The van der Waals surface area contributed by atoms with Crippen LogP contribution in [0.5, 0.6) is 0 Å². The summed E-state index contributed by atoms with van der Waals surface area (Å²) in [6.45, 7) is 0.478. The summed E-state index contributed by atoms with van der Waals surface area (Å²) in [4.78, 5) is 40.6. The first-order valence-corrected chi connectivity index (χ1v) is 7.87. The van der Waals surface area contributed by atoms with Crippen molar-refractivity contribution in [3.63, 3.8) is 0 Å². The lowest BCUT2D eigenvalue weighted by molar-refractivity contribution is 0.0954. The van der Waals surface area contributed by atoms with Gasteiger partial charge in [0.1, 0.15) is 5.65 Å². The van der Waals surface area contributed by atoms with E-state index >= 15 is 0 Å². The number of nitrogens with one attached hydrogen (secondary N) is 1. The number of aromatic nitrogens is 3. The Morgan fingerprint density at radius 1 is 1.12 bits per heavy atom. The van der Waals surface area contributed by atoms with E-state index < -0.39 is 11.2 Å². The van der Waals surface area contributed by atoms with Crippen molar-refractivity contribution in [2.45, 2.75) is 6.42 Å². The average molecular weight is 338 g/mol. The molecule has 7 nitrogen and oxygen atoms in total. The predicted octanol–water partition coefficient (Wildman–Crippen LogP) is 0.605. The molecule has 0 radical (unpaired) electrons. The Morgan fingerprint density at radius 3 is 2.56 bits per heavy atom. The van der Waals surface area contributed by atoms with Crippen LogP contribution in [0.15, 0.2) is 52.2 Å². The molecule has 1 aromatic carbocycles. The number of hydrogen-bond acceptors (Lipinski definition) is 4. The highest BCUT2D eigenvalue weighted by atomic mass is 16.2. The maximum absolute atomic E-state index is 12.3. The van der Waals surface area contributed by atoms with Crippen molar-refractivity contribution in [2.75, 3.05) is 6.54 Å². The van der Waals surface area contributed by atoms with Gasteiger partial charge in [-0.3, -0.25) is 18.7 Å². The van der Waals surface area contributed by atoms with Crippen molar-refractivity contribution >= 4 is 16.9 Å². The zero-order valence-corrected chi connectivity index (χ0v) is 14.0. The van der Waals surface area contributed by atoms with Gasteiger partial charge in [-0.05, 0) is 18.1 Å². The van der Waals surface area contributed by atoms with E-state index in [2.05, 4.69) is 10.3 Å². The number of pyridine rings is 1. The van der Waals surface area contributed by atoms with Gasteiger partial charge in [0.05, 0.1) is 10.9 Å². The molecule has 0 bridgehead atoms. The molecule has 0 aliphatic rings. The average Bonchev–Trinajstić information content (AvgIpc) is 2.65. The minimum Gasteiger partial charge on any atom is -0.352 e. The Morgan fingerprint density at radius 2 is 1.84 bits per heavy atom. The number of rotatable bonds is 4. The molecular formula is C18H18N4O3. The first kappa shape index (κ1) is 16.6. The number of carbonyl (C=O) groups is 1. The molecule has 25 heavy (non-hydrogen) atoms. The highest BCUT2D eigenvalue weighted by Crippen LogP contribution is 2.07. The van der Waals surface area contributed by atoms with E-state index in [9.17, 15) is 14.4 Å². The zero-order valence-electron chi connectivity index (χ0n) is 14.0. The van der Waals surface area contributed by atoms with Gasteiger partial charge in [-0.25, -0.2) is 9.78 Å². The fraction of sp³-hybridized carbons (Fsp3) is 0.222. The summed E-state index contributed by atoms with van der Waals surface area (Å²) >= 11 is 0. The third kappa shape index (κ3) is 3.21. The Hall–Kier alpha value is -3.22. The molecule has 1 amide bonds. The smallest absolute Gasteiger partial charge is 0.332 e. The quantitative estimate of drug-likeness (QED) is 0.755. The second kappa shape index (κ2) is 6.72. The van der Waals surface area contributed by atoms with E-state index in [0.29, 0.717) is 13.0 Å². The molecule has 0 unspecified atom stereocenters. The molecule has 2 aromatic heterocycles. The molecule has 128 valence electrons. The third-order valence-electron chi connectivity index (χ3n) is 4.10. The highest BCUT2D eigenvalue weighted by Gasteiger charge is 2.13. The normalized spacial score (nSPS) is 10.8. The van der Waals surface area contributed by atoms with Crippen molar-refractivity contribution in [1.29, 1.82) is 0 Å². The van der Waals surface area contributed by atoms with E-state index in [0.717, 1.165) is 10.1 Å². The second-order valence-electron chi connectivity index (χ2n) is 5.79. The van der Waals surface area contributed by atoms with Gasteiger partial charge in [0.25, 0.3) is 11.5 Å². The van der Waals surface area contributed by atoms with Crippen LogP contribution < -0.4 is 16.6 Å². The molecule has 2 heterocycles. The summed E-state index contributed by atoms with van der Waals surface area (Å²) in [7, 11) is 2.94. The number of hydrogen-bond donors (Lipinski definition) is 1. The summed E-state index contributed by atoms with van der Waals surface area (Å²) in [5.74, 6) is -0.304. The second-order valence-corrected chi connectivity index (χ2v) is 5.79. The number of aryl methyl sites for hydroxylation is 1. The first-order chi connectivity index (χ1) is 12.0. The molecule has 7 heteroatoms. The fourth-order valence-electron chi connectivity index (χ4n) is 2.66. The van der Waals surface area contributed by atoms with E-state index in [4.69, 9.17) is 0 Å². The van der Waals surface area contributed by atoms with Gasteiger partial charge in [-0.15, -0.1) is 0 Å². The molecule has 0 aliphatic heterocycles. The predicted molar refractivity (Wildman–Crippen MR) is 94.7 cm³/mol. The highest BCUT2D eigenvalue weighted by molar-refractivity contribution is 5.96. The zero-order chi connectivity index (χ0) is 18.0. The van der Waals surface area contributed by atoms with Gasteiger partial charge in [0, 0.05) is 26.8 Å². The van der Waals surface area contributed by atoms with Crippen LogP contribution in [-0.2, 0) is 20.5 Å². The Labute approximate surface area is 143 Å². The molecule has 0 saturated heterocycles. The van der Waals surface area contributed by atoms with Crippen LogP contribution in [-0.4, -0.2) is 26.6 Å². The summed E-state index contributed by atoms with van der Waals surface area (Å²) in [6, 6.07) is 11.3. The van der Waals surface area contributed by atoms with Gasteiger partial charge in [-0.2, -0.15) is 0 Å². The number of benzene rings is 1. The minimum atomic E-state index is -0.468. The largest absolute Gasteiger partial charge is 0.352 e. The lowest BCUT2D eigenvalue weighted by Crippen LogP contribution is -2.37. The molecule has 0 saturated carbocycles. The van der Waals surface area contributed by atoms with Crippen molar-refractivity contribution in [3.8, 4) is 0 Å². The SMILES string of the molecule is Cn1c(=O)c2cc(C(=O)NCCc3ccccc3)cnc2n(C)c1=O. The van der Waals surface area contributed by atoms with Crippen molar-refractivity contribution in [2.24, 2.45) is 14.1 Å². The van der Waals surface area contributed by atoms with Gasteiger partial charge in [0.15, 0.2) is 0 Å². The van der Waals surface area contributed by atoms with E-state index in [-0.39, 0.29) is 22.5 Å². The van der Waals surface area contributed by atoms with Gasteiger partial charge < -0.3 is 5.32 Å². The maximum atomic E-state index is 12.3. The Kier molecular flexibility index (Phi) is 4.47. The fourth-order valence-corrected chi connectivity index (χ4v) is 2.66. The van der Waals surface area contributed by atoms with Gasteiger partial charge in [0.2, 0.25) is 0 Å². The van der Waals surface area contributed by atoms with Crippen LogP contribution in [0.3, 0.4) is 0 Å². The van der Waals surface area contributed by atoms with Crippen molar-refractivity contribution < 1.29 is 4.79 Å². The maximum Gasteiger partial charge on any atom is 0.332 e. The first-order valence-electron chi connectivity index (χ1n) is 7.87. The van der Waals surface area contributed by atoms with Crippen LogP contribution in [0.25, 0.3) is 11.0 Å². The van der Waals surface area contributed by atoms with Gasteiger partial charge >= 0.3 is 5.69 Å². The topological polar surface area (TPSA) is 86.0 Å². The molecule has 0 aliphatic carbocycles. The lowest BCUT2D eigenvalue weighted by Gasteiger charge is -2.09. The Balaban J connectivity index is 1.83. The van der Waals surface area contributed by atoms with Crippen molar-refractivity contribution in [3.05, 3.63) is 74.6 Å². The van der Waals surface area contributed by atoms with Crippen LogP contribution >= 0.6 is 0 Å². The summed E-state index contributed by atoms with van der Waals surface area (Å²) in [5.41, 5.74) is 0.753. The molecular weight excluding hydrogens is 320 g/mol. The van der Waals surface area contributed by atoms with Crippen LogP contribution in [0, 0.1) is 0 Å². The number of fused-ring (bicyclic) bond motifs is 1. The summed E-state index contributed by atoms with van der Waals surface area (Å²) in [5, 5.41) is 3.05. The summed E-state index contributed by atoms with van der Waals surface area (Å²) in [6.07, 6.45) is 2.09. The number of nitrogens with zero attached hydrogens (tertiary/aromatic N) is 3. The van der Waals surface area contributed by atoms with Crippen LogP contribution in [0.2, 0.25) is 0 Å². The standard InChI is InChI=1S/C18H18N4O3/c1-21-15-14(17(24)22(2)18(21)25)10-13(11-20-15)16(23)19-9-8-12-6-4-3-5-7-12/h3-7,10-11H,8-9H2,1-2H3,(H,19,23). The van der Waals surface area contributed by atoms with Crippen LogP contribution in [0.4, 0.5) is 0 Å². The molecule has 3 rings (SSSR count). The lowest BCUT2D eigenvalue weighted by atomic mass is 10.1. The monoisotopic (exact) mass is 338 g/mol. The number of carbonyl (C=O) groups excluding carboxylic acids is 1. The van der Waals surface area contributed by atoms with E-state index in [1.165, 1.54) is 30.9 Å². The number of amides is 1.